The minimum atomic E-state index is -0.435. The van der Waals surface area contributed by atoms with Gasteiger partial charge in [-0.3, -0.25) is 4.79 Å². The standard InChI is InChI=1S/C18H30N2O3.ClH/c1-5-10-20(18(21)15(19)7-3)13-14-8-9-16(23-11-6-2)17(12-14)22-4;/h8-9,12,15H,5-7,10-11,13,19H2,1-4H3;1H/t15-;/m0./s1. The van der Waals surface area contributed by atoms with Gasteiger partial charge in [-0.2, -0.15) is 0 Å². The first-order valence-corrected chi connectivity index (χ1v) is 8.41. The van der Waals surface area contributed by atoms with Crippen molar-refractivity contribution in [1.29, 1.82) is 0 Å². The van der Waals surface area contributed by atoms with Gasteiger partial charge in [0, 0.05) is 13.1 Å². The van der Waals surface area contributed by atoms with E-state index in [4.69, 9.17) is 15.2 Å². The summed E-state index contributed by atoms with van der Waals surface area (Å²) in [6.45, 7) is 7.93. The first-order chi connectivity index (χ1) is 11.1. The summed E-state index contributed by atoms with van der Waals surface area (Å²) >= 11 is 0. The van der Waals surface area contributed by atoms with Crippen molar-refractivity contribution in [3.8, 4) is 11.5 Å². The monoisotopic (exact) mass is 358 g/mol. The van der Waals surface area contributed by atoms with E-state index in [0.29, 0.717) is 31.9 Å². The number of hydrogen-bond donors (Lipinski definition) is 1. The highest BCUT2D eigenvalue weighted by Crippen LogP contribution is 2.28. The predicted molar refractivity (Wildman–Crippen MR) is 100 cm³/mol. The molecule has 0 unspecified atom stereocenters. The van der Waals surface area contributed by atoms with Gasteiger partial charge in [0.25, 0.3) is 0 Å². The Kier molecular flexibility index (Phi) is 11.3. The molecule has 0 heterocycles. The summed E-state index contributed by atoms with van der Waals surface area (Å²) in [6, 6.07) is 5.37. The fourth-order valence-corrected chi connectivity index (χ4v) is 2.31. The number of nitrogens with two attached hydrogens (primary N) is 1. The van der Waals surface area contributed by atoms with E-state index < -0.39 is 6.04 Å². The van der Waals surface area contributed by atoms with Crippen LogP contribution in [0.2, 0.25) is 0 Å². The molecule has 138 valence electrons. The average molecular weight is 359 g/mol. The van der Waals surface area contributed by atoms with Crippen LogP contribution in [0.3, 0.4) is 0 Å². The Hall–Kier alpha value is -1.46. The number of halogens is 1. The second-order valence-corrected chi connectivity index (χ2v) is 5.61. The van der Waals surface area contributed by atoms with E-state index in [9.17, 15) is 4.79 Å². The van der Waals surface area contributed by atoms with E-state index in [0.717, 1.165) is 24.2 Å². The van der Waals surface area contributed by atoms with Gasteiger partial charge in [-0.05, 0) is 37.0 Å². The highest BCUT2D eigenvalue weighted by Gasteiger charge is 2.19. The molecule has 1 amide bonds. The maximum atomic E-state index is 12.4. The van der Waals surface area contributed by atoms with Gasteiger partial charge in [0.1, 0.15) is 0 Å². The van der Waals surface area contributed by atoms with Crippen molar-refractivity contribution in [3.05, 3.63) is 23.8 Å². The molecule has 1 aromatic rings. The molecule has 1 rings (SSSR count). The Balaban J connectivity index is 0.00000529. The smallest absolute Gasteiger partial charge is 0.239 e. The topological polar surface area (TPSA) is 64.8 Å². The third-order valence-electron chi connectivity index (χ3n) is 3.63. The summed E-state index contributed by atoms with van der Waals surface area (Å²) in [5.41, 5.74) is 6.91. The molecule has 2 N–H and O–H groups in total. The number of ether oxygens (including phenoxy) is 2. The average Bonchev–Trinajstić information content (AvgIpc) is 2.58. The van der Waals surface area contributed by atoms with E-state index in [1.807, 2.05) is 30.0 Å². The molecule has 5 nitrogen and oxygen atoms in total. The van der Waals surface area contributed by atoms with Crippen LogP contribution in [0.25, 0.3) is 0 Å². The number of methoxy groups -OCH3 is 1. The maximum Gasteiger partial charge on any atom is 0.239 e. The summed E-state index contributed by atoms with van der Waals surface area (Å²) in [7, 11) is 1.62. The zero-order chi connectivity index (χ0) is 17.2. The zero-order valence-corrected chi connectivity index (χ0v) is 16.0. The second-order valence-electron chi connectivity index (χ2n) is 5.61. The molecule has 0 aliphatic rings. The fraction of sp³-hybridized carbons (Fsp3) is 0.611. The number of hydrogen-bond acceptors (Lipinski definition) is 4. The quantitative estimate of drug-likeness (QED) is 0.696. The van der Waals surface area contributed by atoms with Crippen LogP contribution >= 0.6 is 12.4 Å². The Morgan fingerprint density at radius 2 is 1.92 bits per heavy atom. The Morgan fingerprint density at radius 3 is 2.46 bits per heavy atom. The van der Waals surface area contributed by atoms with Crippen LogP contribution in [-0.4, -0.2) is 37.1 Å². The molecule has 1 atom stereocenters. The molecule has 0 saturated heterocycles. The molecule has 1 aromatic carbocycles. The Bertz CT molecular complexity index is 497. The van der Waals surface area contributed by atoms with E-state index in [2.05, 4.69) is 13.8 Å². The van der Waals surface area contributed by atoms with Gasteiger partial charge in [-0.15, -0.1) is 12.4 Å². The van der Waals surface area contributed by atoms with Crippen molar-refractivity contribution >= 4 is 18.3 Å². The molecule has 0 radical (unpaired) electrons. The number of amides is 1. The van der Waals surface area contributed by atoms with Crippen molar-refractivity contribution in [3.63, 3.8) is 0 Å². The predicted octanol–water partition coefficient (Wildman–Crippen LogP) is 3.38. The lowest BCUT2D eigenvalue weighted by Crippen LogP contribution is -2.43. The first-order valence-electron chi connectivity index (χ1n) is 8.41. The lowest BCUT2D eigenvalue weighted by atomic mass is 10.1. The van der Waals surface area contributed by atoms with Crippen LogP contribution in [-0.2, 0) is 11.3 Å². The van der Waals surface area contributed by atoms with Gasteiger partial charge >= 0.3 is 0 Å². The van der Waals surface area contributed by atoms with Crippen LogP contribution in [0.5, 0.6) is 11.5 Å². The van der Waals surface area contributed by atoms with Crippen LogP contribution in [0.1, 0.15) is 45.6 Å². The van der Waals surface area contributed by atoms with E-state index in [1.54, 1.807) is 7.11 Å². The number of carbonyl (C=O) groups excluding carboxylic acids is 1. The van der Waals surface area contributed by atoms with Crippen molar-refractivity contribution in [1.82, 2.24) is 4.90 Å². The van der Waals surface area contributed by atoms with Crippen molar-refractivity contribution in [2.24, 2.45) is 5.73 Å². The van der Waals surface area contributed by atoms with Crippen LogP contribution < -0.4 is 15.2 Å². The molecule has 6 heteroatoms. The van der Waals surface area contributed by atoms with Crippen molar-refractivity contribution in [2.45, 2.75) is 52.6 Å². The molecule has 0 aliphatic carbocycles. The minimum Gasteiger partial charge on any atom is -0.493 e. The first kappa shape index (κ1) is 22.5. The summed E-state index contributed by atoms with van der Waals surface area (Å²) in [5.74, 6) is 1.43. The highest BCUT2D eigenvalue weighted by molar-refractivity contribution is 5.85. The molecule has 0 saturated carbocycles. The molecular weight excluding hydrogens is 328 g/mol. The third-order valence-corrected chi connectivity index (χ3v) is 3.63. The lowest BCUT2D eigenvalue weighted by Gasteiger charge is -2.25. The summed E-state index contributed by atoms with van der Waals surface area (Å²) in [6.07, 6.45) is 2.49. The van der Waals surface area contributed by atoms with E-state index >= 15 is 0 Å². The summed E-state index contributed by atoms with van der Waals surface area (Å²) in [4.78, 5) is 14.2. The largest absolute Gasteiger partial charge is 0.493 e. The van der Waals surface area contributed by atoms with Gasteiger partial charge in [0.2, 0.25) is 5.91 Å². The molecule has 0 aliphatic heterocycles. The molecule has 0 fully saturated rings. The molecule has 0 spiro atoms. The lowest BCUT2D eigenvalue weighted by molar-refractivity contribution is -0.133. The van der Waals surface area contributed by atoms with Gasteiger partial charge in [0.15, 0.2) is 11.5 Å². The molecule has 24 heavy (non-hydrogen) atoms. The fourth-order valence-electron chi connectivity index (χ4n) is 2.31. The van der Waals surface area contributed by atoms with E-state index in [1.165, 1.54) is 0 Å². The van der Waals surface area contributed by atoms with Crippen molar-refractivity contribution < 1.29 is 14.3 Å². The molecule has 0 bridgehead atoms. The van der Waals surface area contributed by atoms with Gasteiger partial charge in [0.05, 0.1) is 19.8 Å². The van der Waals surface area contributed by atoms with Crippen LogP contribution in [0.15, 0.2) is 18.2 Å². The second kappa shape index (κ2) is 12.0. The Labute approximate surface area is 151 Å². The summed E-state index contributed by atoms with van der Waals surface area (Å²) in [5, 5.41) is 0. The number of nitrogens with zero attached hydrogens (tertiary/aromatic N) is 1. The summed E-state index contributed by atoms with van der Waals surface area (Å²) < 4.78 is 11.1. The molecular formula is C18H31ClN2O3. The highest BCUT2D eigenvalue weighted by atomic mass is 35.5. The Morgan fingerprint density at radius 1 is 1.21 bits per heavy atom. The third kappa shape index (κ3) is 6.57. The number of benzene rings is 1. The zero-order valence-electron chi connectivity index (χ0n) is 15.2. The van der Waals surface area contributed by atoms with Gasteiger partial charge in [-0.1, -0.05) is 26.8 Å². The van der Waals surface area contributed by atoms with Crippen LogP contribution in [0.4, 0.5) is 0 Å². The minimum absolute atomic E-state index is 0. The number of carbonyl (C=O) groups is 1. The molecule has 0 aromatic heterocycles. The van der Waals surface area contributed by atoms with E-state index in [-0.39, 0.29) is 18.3 Å². The SMILES string of the molecule is CCCOc1ccc(CN(CCC)C(=O)[C@@H](N)CC)cc1OC.Cl. The number of rotatable bonds is 10. The maximum absolute atomic E-state index is 12.4. The van der Waals surface area contributed by atoms with Crippen LogP contribution in [0, 0.1) is 0 Å². The van der Waals surface area contributed by atoms with Crippen molar-refractivity contribution in [2.75, 3.05) is 20.3 Å². The van der Waals surface area contributed by atoms with Gasteiger partial charge < -0.3 is 20.1 Å². The van der Waals surface area contributed by atoms with Gasteiger partial charge in [-0.25, -0.2) is 0 Å². The normalized spacial score (nSPS) is 11.4.